The van der Waals surface area contributed by atoms with Gasteiger partial charge in [0.15, 0.2) is 0 Å². The molecule has 0 bridgehead atoms. The van der Waals surface area contributed by atoms with Gasteiger partial charge < -0.3 is 16.0 Å². The Morgan fingerprint density at radius 1 is 1.09 bits per heavy atom. The molecule has 22 heavy (non-hydrogen) atoms. The van der Waals surface area contributed by atoms with Gasteiger partial charge in [-0.2, -0.15) is 0 Å². The highest BCUT2D eigenvalue weighted by atomic mass is 16.1. The fourth-order valence-corrected chi connectivity index (χ4v) is 2.03. The molecule has 0 atom stereocenters. The molecule has 6 heteroatoms. The van der Waals surface area contributed by atoms with E-state index in [1.165, 1.54) is 6.92 Å². The summed E-state index contributed by atoms with van der Waals surface area (Å²) in [6, 6.07) is 9.63. The number of hydrogen-bond donors (Lipinski definition) is 3. The van der Waals surface area contributed by atoms with Crippen LogP contribution in [0, 0.1) is 6.92 Å². The van der Waals surface area contributed by atoms with Crippen LogP contribution < -0.4 is 16.0 Å². The first-order valence-electron chi connectivity index (χ1n) is 7.19. The van der Waals surface area contributed by atoms with Crippen LogP contribution in [0.2, 0.25) is 0 Å². The molecule has 0 saturated heterocycles. The maximum Gasteiger partial charge on any atom is 0.221 e. The third kappa shape index (κ3) is 4.73. The van der Waals surface area contributed by atoms with E-state index in [0.29, 0.717) is 17.7 Å². The highest BCUT2D eigenvalue weighted by Gasteiger charge is 2.04. The maximum absolute atomic E-state index is 11.1. The Kier molecular flexibility index (Phi) is 4.93. The maximum atomic E-state index is 11.1. The SMILES string of the molecule is CC(=O)Nc1cccc(Nc2cc(NC(C)C)nc(C)n2)c1. The summed E-state index contributed by atoms with van der Waals surface area (Å²) in [5.74, 6) is 2.07. The van der Waals surface area contributed by atoms with E-state index in [1.807, 2.05) is 37.3 Å². The summed E-state index contributed by atoms with van der Waals surface area (Å²) in [7, 11) is 0. The Labute approximate surface area is 130 Å². The van der Waals surface area contributed by atoms with Crippen LogP contribution in [0.15, 0.2) is 30.3 Å². The molecule has 2 aromatic rings. The van der Waals surface area contributed by atoms with Gasteiger partial charge in [-0.3, -0.25) is 4.79 Å². The van der Waals surface area contributed by atoms with Crippen molar-refractivity contribution >= 4 is 28.9 Å². The predicted molar refractivity (Wildman–Crippen MR) is 89.6 cm³/mol. The lowest BCUT2D eigenvalue weighted by molar-refractivity contribution is -0.114. The Bertz CT molecular complexity index is 669. The van der Waals surface area contributed by atoms with Crippen molar-refractivity contribution in [2.24, 2.45) is 0 Å². The third-order valence-corrected chi connectivity index (χ3v) is 2.73. The molecule has 1 aromatic carbocycles. The van der Waals surface area contributed by atoms with Crippen molar-refractivity contribution in [1.82, 2.24) is 9.97 Å². The van der Waals surface area contributed by atoms with Crippen LogP contribution in [0.3, 0.4) is 0 Å². The van der Waals surface area contributed by atoms with E-state index in [1.54, 1.807) is 0 Å². The van der Waals surface area contributed by atoms with Crippen molar-refractivity contribution in [2.45, 2.75) is 33.7 Å². The standard InChI is InChI=1S/C16H21N5O/c1-10(2)17-15-9-16(19-11(3)18-15)21-14-7-5-6-13(8-14)20-12(4)22/h5-10H,1-4H3,(H,20,22)(H2,17,18,19,21). The Balaban J connectivity index is 2.19. The number of anilines is 4. The quantitative estimate of drug-likeness (QED) is 0.789. The highest BCUT2D eigenvalue weighted by molar-refractivity contribution is 5.89. The molecule has 1 aromatic heterocycles. The molecular weight excluding hydrogens is 278 g/mol. The number of carbonyl (C=O) groups excluding carboxylic acids is 1. The largest absolute Gasteiger partial charge is 0.368 e. The molecule has 0 saturated carbocycles. The van der Waals surface area contributed by atoms with Gasteiger partial charge in [0.2, 0.25) is 5.91 Å². The van der Waals surface area contributed by atoms with Crippen LogP contribution in [-0.4, -0.2) is 21.9 Å². The predicted octanol–water partition coefficient (Wildman–Crippen LogP) is 3.31. The monoisotopic (exact) mass is 299 g/mol. The van der Waals surface area contributed by atoms with Gasteiger partial charge >= 0.3 is 0 Å². The van der Waals surface area contributed by atoms with Gasteiger partial charge in [0.05, 0.1) is 0 Å². The van der Waals surface area contributed by atoms with Gasteiger partial charge in [-0.15, -0.1) is 0 Å². The van der Waals surface area contributed by atoms with E-state index >= 15 is 0 Å². The number of hydrogen-bond acceptors (Lipinski definition) is 5. The second-order valence-corrected chi connectivity index (χ2v) is 5.37. The minimum absolute atomic E-state index is 0.0987. The number of benzene rings is 1. The first-order valence-corrected chi connectivity index (χ1v) is 7.19. The second kappa shape index (κ2) is 6.89. The van der Waals surface area contributed by atoms with Gasteiger partial charge in [-0.1, -0.05) is 6.07 Å². The number of rotatable bonds is 5. The Hall–Kier alpha value is -2.63. The molecule has 2 rings (SSSR count). The number of carbonyl (C=O) groups is 1. The Morgan fingerprint density at radius 2 is 1.77 bits per heavy atom. The zero-order valence-corrected chi connectivity index (χ0v) is 13.3. The summed E-state index contributed by atoms with van der Waals surface area (Å²) in [5.41, 5.74) is 1.59. The van der Waals surface area contributed by atoms with E-state index in [-0.39, 0.29) is 5.91 Å². The van der Waals surface area contributed by atoms with Crippen molar-refractivity contribution in [1.29, 1.82) is 0 Å². The van der Waals surface area contributed by atoms with Crippen LogP contribution in [-0.2, 0) is 4.79 Å². The van der Waals surface area contributed by atoms with E-state index in [4.69, 9.17) is 0 Å². The van der Waals surface area contributed by atoms with Gasteiger partial charge in [-0.25, -0.2) is 9.97 Å². The zero-order chi connectivity index (χ0) is 16.1. The average molecular weight is 299 g/mol. The number of nitrogens with zero attached hydrogens (tertiary/aromatic N) is 2. The molecule has 0 aliphatic carbocycles. The Morgan fingerprint density at radius 3 is 2.45 bits per heavy atom. The fraction of sp³-hybridized carbons (Fsp3) is 0.312. The summed E-state index contributed by atoms with van der Waals surface area (Å²) < 4.78 is 0. The fourth-order valence-electron chi connectivity index (χ4n) is 2.03. The molecule has 0 unspecified atom stereocenters. The average Bonchev–Trinajstić information content (AvgIpc) is 2.36. The van der Waals surface area contributed by atoms with Gasteiger partial charge in [0.25, 0.3) is 0 Å². The minimum Gasteiger partial charge on any atom is -0.368 e. The number of aromatic nitrogens is 2. The van der Waals surface area contributed by atoms with Crippen molar-refractivity contribution in [2.75, 3.05) is 16.0 Å². The molecule has 1 heterocycles. The van der Waals surface area contributed by atoms with Crippen LogP contribution in [0.1, 0.15) is 26.6 Å². The van der Waals surface area contributed by atoms with Crippen molar-refractivity contribution in [3.05, 3.63) is 36.2 Å². The topological polar surface area (TPSA) is 78.9 Å². The van der Waals surface area contributed by atoms with Crippen molar-refractivity contribution < 1.29 is 4.79 Å². The number of nitrogens with one attached hydrogen (secondary N) is 3. The number of aryl methyl sites for hydroxylation is 1. The summed E-state index contributed by atoms with van der Waals surface area (Å²) in [5, 5.41) is 9.25. The molecule has 0 spiro atoms. The van der Waals surface area contributed by atoms with Crippen LogP contribution in [0.5, 0.6) is 0 Å². The first kappa shape index (κ1) is 15.8. The molecule has 0 aliphatic rings. The van der Waals surface area contributed by atoms with Gasteiger partial charge in [-0.05, 0) is 39.0 Å². The number of amides is 1. The first-order chi connectivity index (χ1) is 10.4. The molecule has 0 aliphatic heterocycles. The van der Waals surface area contributed by atoms with Crippen LogP contribution in [0.4, 0.5) is 23.0 Å². The van der Waals surface area contributed by atoms with Gasteiger partial charge in [0, 0.05) is 30.4 Å². The lowest BCUT2D eigenvalue weighted by atomic mass is 10.2. The normalized spacial score (nSPS) is 10.4. The summed E-state index contributed by atoms with van der Waals surface area (Å²) in [6.45, 7) is 7.45. The smallest absolute Gasteiger partial charge is 0.221 e. The summed E-state index contributed by atoms with van der Waals surface area (Å²) in [4.78, 5) is 19.8. The second-order valence-electron chi connectivity index (χ2n) is 5.37. The van der Waals surface area contributed by atoms with E-state index in [9.17, 15) is 4.79 Å². The molecule has 0 fully saturated rings. The lowest BCUT2D eigenvalue weighted by Crippen LogP contribution is -2.12. The highest BCUT2D eigenvalue weighted by Crippen LogP contribution is 2.20. The zero-order valence-electron chi connectivity index (χ0n) is 13.3. The van der Waals surface area contributed by atoms with Gasteiger partial charge in [0.1, 0.15) is 17.5 Å². The van der Waals surface area contributed by atoms with E-state index < -0.39 is 0 Å². The van der Waals surface area contributed by atoms with Crippen molar-refractivity contribution in [3.63, 3.8) is 0 Å². The third-order valence-electron chi connectivity index (χ3n) is 2.73. The molecule has 6 nitrogen and oxygen atoms in total. The molecule has 0 radical (unpaired) electrons. The van der Waals surface area contributed by atoms with Crippen LogP contribution in [0.25, 0.3) is 0 Å². The molecule has 3 N–H and O–H groups in total. The molecule has 116 valence electrons. The lowest BCUT2D eigenvalue weighted by Gasteiger charge is -2.12. The van der Waals surface area contributed by atoms with E-state index in [0.717, 1.165) is 17.2 Å². The van der Waals surface area contributed by atoms with Crippen LogP contribution >= 0.6 is 0 Å². The molecule has 1 amide bonds. The minimum atomic E-state index is -0.0987. The van der Waals surface area contributed by atoms with E-state index in [2.05, 4.69) is 39.8 Å². The summed E-state index contributed by atoms with van der Waals surface area (Å²) >= 11 is 0. The van der Waals surface area contributed by atoms with Crippen molar-refractivity contribution in [3.8, 4) is 0 Å². The molecular formula is C16H21N5O. The summed E-state index contributed by atoms with van der Waals surface area (Å²) in [6.07, 6.45) is 0.